The monoisotopic (exact) mass is 708 g/mol. The van der Waals surface area contributed by atoms with Crippen molar-refractivity contribution in [3.8, 4) is 0 Å². The second-order valence-corrected chi connectivity index (χ2v) is 14.4. The van der Waals surface area contributed by atoms with Gasteiger partial charge in [-0.2, -0.15) is 8.42 Å². The van der Waals surface area contributed by atoms with Gasteiger partial charge in [-0.1, -0.05) is 103 Å². The molecule has 0 radical (unpaired) electrons. The smallest absolute Gasteiger partial charge is 0.306 e. The van der Waals surface area contributed by atoms with Gasteiger partial charge in [-0.3, -0.25) is 14.1 Å². The van der Waals surface area contributed by atoms with Crippen LogP contribution in [0.3, 0.4) is 0 Å². The predicted molar refractivity (Wildman–Crippen MR) is 183 cm³/mol. The van der Waals surface area contributed by atoms with E-state index in [1.54, 1.807) is 0 Å². The van der Waals surface area contributed by atoms with Crippen LogP contribution in [0.15, 0.2) is 12.2 Å². The molecule has 12 nitrogen and oxygen atoms in total. The normalized spacial score (nSPS) is 22.2. The molecule has 0 aromatic carbocycles. The average molecular weight is 709 g/mol. The SMILES string of the molecule is CCCCC/C=C/CCCCCCCC(=O)O[C@H](COC(=O)CCCCCCCCCC)CO[C@H]1O[C@H](CS(=O)(=O)O)[C@@H](O)C(O)C1O. The summed E-state index contributed by atoms with van der Waals surface area (Å²) in [6.45, 7) is 3.65. The number of unbranched alkanes of at least 4 members (excludes halogenated alkanes) is 15. The van der Waals surface area contributed by atoms with Crippen LogP contribution in [0.25, 0.3) is 0 Å². The molecule has 4 N–H and O–H groups in total. The number of esters is 2. The van der Waals surface area contributed by atoms with Crippen LogP contribution in [-0.4, -0.2) is 96.0 Å². The number of hydrogen-bond donors (Lipinski definition) is 4. The summed E-state index contributed by atoms with van der Waals surface area (Å²) < 4.78 is 53.6. The zero-order valence-electron chi connectivity index (χ0n) is 29.3. The number of carbonyl (C=O) groups excluding carboxylic acids is 2. The maximum atomic E-state index is 12.7. The molecule has 282 valence electrons. The molecular weight excluding hydrogens is 644 g/mol. The first-order chi connectivity index (χ1) is 23.0. The fourth-order valence-corrected chi connectivity index (χ4v) is 6.12. The Morgan fingerprint density at radius 1 is 0.688 bits per heavy atom. The third-order valence-electron chi connectivity index (χ3n) is 8.35. The van der Waals surface area contributed by atoms with Crippen molar-refractivity contribution < 1.29 is 56.8 Å². The van der Waals surface area contributed by atoms with Crippen LogP contribution in [0.1, 0.15) is 142 Å². The van der Waals surface area contributed by atoms with Crippen molar-refractivity contribution in [2.24, 2.45) is 0 Å². The van der Waals surface area contributed by atoms with Crippen LogP contribution in [0.4, 0.5) is 0 Å². The molecule has 48 heavy (non-hydrogen) atoms. The van der Waals surface area contributed by atoms with E-state index >= 15 is 0 Å². The van der Waals surface area contributed by atoms with E-state index in [1.807, 2.05) is 0 Å². The Hall–Kier alpha value is -1.61. The molecule has 0 spiro atoms. The Morgan fingerprint density at radius 2 is 1.19 bits per heavy atom. The first-order valence-corrected chi connectivity index (χ1v) is 19.9. The van der Waals surface area contributed by atoms with Crippen molar-refractivity contribution >= 4 is 22.1 Å². The van der Waals surface area contributed by atoms with Crippen LogP contribution in [0.5, 0.6) is 0 Å². The van der Waals surface area contributed by atoms with Crippen molar-refractivity contribution in [3.63, 3.8) is 0 Å². The van der Waals surface area contributed by atoms with Gasteiger partial charge in [-0.25, -0.2) is 0 Å². The summed E-state index contributed by atoms with van der Waals surface area (Å²) in [5.41, 5.74) is 0. The molecule has 1 saturated heterocycles. The number of carbonyl (C=O) groups is 2. The quantitative estimate of drug-likeness (QED) is 0.0329. The molecule has 0 aliphatic carbocycles. The van der Waals surface area contributed by atoms with E-state index < -0.39 is 71.2 Å². The van der Waals surface area contributed by atoms with Crippen LogP contribution in [0, 0.1) is 0 Å². The van der Waals surface area contributed by atoms with Gasteiger partial charge >= 0.3 is 11.9 Å². The van der Waals surface area contributed by atoms with E-state index in [0.717, 1.165) is 57.8 Å². The standard InChI is InChI=1S/C35H64O12S/c1-3-5-7-9-11-13-14-15-16-18-20-22-24-31(37)46-28(25-44-30(36)23-21-19-17-12-10-8-6-4-2)26-45-35-34(40)33(39)32(38)29(47-35)27-48(41,42)43/h11,13,28-29,32-35,38-40H,3-10,12,14-27H2,1-2H3,(H,41,42,43)/b13-11+/t28-,29-,32-,33?,34?,35+/m1/s1. The third-order valence-corrected chi connectivity index (χ3v) is 9.10. The Labute approximate surface area is 288 Å². The van der Waals surface area contributed by atoms with E-state index in [2.05, 4.69) is 26.0 Å². The Bertz CT molecular complexity index is 973. The minimum absolute atomic E-state index is 0.157. The number of ether oxygens (including phenoxy) is 4. The lowest BCUT2D eigenvalue weighted by atomic mass is 10.00. The van der Waals surface area contributed by atoms with Crippen LogP contribution in [-0.2, 0) is 38.7 Å². The summed E-state index contributed by atoms with van der Waals surface area (Å²) >= 11 is 0. The van der Waals surface area contributed by atoms with Crippen LogP contribution >= 0.6 is 0 Å². The molecule has 1 aliphatic heterocycles. The van der Waals surface area contributed by atoms with Crippen LogP contribution in [0.2, 0.25) is 0 Å². The topological polar surface area (TPSA) is 186 Å². The van der Waals surface area contributed by atoms with Crippen molar-refractivity contribution in [3.05, 3.63) is 12.2 Å². The van der Waals surface area contributed by atoms with E-state index in [-0.39, 0.29) is 19.4 Å². The molecule has 6 atom stereocenters. The zero-order chi connectivity index (χ0) is 35.6. The molecule has 0 saturated carbocycles. The zero-order valence-corrected chi connectivity index (χ0v) is 30.2. The molecule has 13 heteroatoms. The van der Waals surface area contributed by atoms with E-state index in [9.17, 15) is 37.9 Å². The van der Waals surface area contributed by atoms with Gasteiger partial charge in [0.1, 0.15) is 36.8 Å². The van der Waals surface area contributed by atoms with E-state index in [1.165, 1.54) is 44.9 Å². The lowest BCUT2D eigenvalue weighted by Crippen LogP contribution is -2.60. The minimum atomic E-state index is -4.59. The maximum Gasteiger partial charge on any atom is 0.306 e. The molecule has 1 heterocycles. The summed E-state index contributed by atoms with van der Waals surface area (Å²) in [7, 11) is -4.59. The van der Waals surface area contributed by atoms with Crippen molar-refractivity contribution in [1.82, 2.24) is 0 Å². The van der Waals surface area contributed by atoms with Crippen molar-refractivity contribution in [2.75, 3.05) is 19.0 Å². The average Bonchev–Trinajstić information content (AvgIpc) is 3.04. The second-order valence-electron chi connectivity index (χ2n) is 12.9. The number of hydrogen-bond acceptors (Lipinski definition) is 11. The van der Waals surface area contributed by atoms with Gasteiger partial charge in [0.15, 0.2) is 12.4 Å². The Morgan fingerprint density at radius 3 is 1.77 bits per heavy atom. The number of allylic oxidation sites excluding steroid dienone is 2. The first kappa shape index (κ1) is 44.4. The molecular formula is C35H64O12S. The summed E-state index contributed by atoms with van der Waals surface area (Å²) in [5, 5.41) is 30.6. The number of aliphatic hydroxyl groups excluding tert-OH is 3. The van der Waals surface area contributed by atoms with Gasteiger partial charge in [0.25, 0.3) is 10.1 Å². The fourth-order valence-electron chi connectivity index (χ4n) is 5.43. The van der Waals surface area contributed by atoms with Gasteiger partial charge in [-0.15, -0.1) is 0 Å². The largest absolute Gasteiger partial charge is 0.462 e. The van der Waals surface area contributed by atoms with Gasteiger partial charge in [0.05, 0.1) is 6.61 Å². The van der Waals surface area contributed by atoms with Gasteiger partial charge in [0, 0.05) is 12.8 Å². The molecule has 0 aromatic rings. The molecule has 0 aromatic heterocycles. The third kappa shape index (κ3) is 22.2. The van der Waals surface area contributed by atoms with E-state index in [0.29, 0.717) is 12.8 Å². The predicted octanol–water partition coefficient (Wildman–Crippen LogP) is 5.55. The lowest BCUT2D eigenvalue weighted by molar-refractivity contribution is -0.297. The molecule has 1 rings (SSSR count). The van der Waals surface area contributed by atoms with E-state index in [4.69, 9.17) is 18.9 Å². The van der Waals surface area contributed by atoms with Gasteiger partial charge in [-0.05, 0) is 38.5 Å². The Kier molecular flexibility index (Phi) is 25.1. The summed E-state index contributed by atoms with van der Waals surface area (Å²) in [6, 6.07) is 0. The highest BCUT2D eigenvalue weighted by Crippen LogP contribution is 2.24. The summed E-state index contributed by atoms with van der Waals surface area (Å²) in [4.78, 5) is 25.1. The van der Waals surface area contributed by atoms with Crippen molar-refractivity contribution in [2.45, 2.75) is 179 Å². The number of aliphatic hydroxyl groups is 3. The molecule has 0 bridgehead atoms. The Balaban J connectivity index is 2.56. The van der Waals surface area contributed by atoms with Crippen molar-refractivity contribution in [1.29, 1.82) is 0 Å². The lowest BCUT2D eigenvalue weighted by Gasteiger charge is -2.40. The molecule has 1 aliphatic rings. The summed E-state index contributed by atoms with van der Waals surface area (Å²) in [6.07, 6.45) is 14.4. The first-order valence-electron chi connectivity index (χ1n) is 18.2. The fraction of sp³-hybridized carbons (Fsp3) is 0.886. The highest BCUT2D eigenvalue weighted by Gasteiger charge is 2.46. The highest BCUT2D eigenvalue weighted by molar-refractivity contribution is 7.85. The minimum Gasteiger partial charge on any atom is -0.462 e. The summed E-state index contributed by atoms with van der Waals surface area (Å²) in [5.74, 6) is -2.00. The molecule has 2 unspecified atom stereocenters. The molecule has 1 fully saturated rings. The van der Waals surface area contributed by atoms with Gasteiger partial charge in [0.2, 0.25) is 0 Å². The second kappa shape index (κ2) is 27.2. The number of rotatable bonds is 29. The van der Waals surface area contributed by atoms with Gasteiger partial charge < -0.3 is 34.3 Å². The van der Waals surface area contributed by atoms with Crippen LogP contribution < -0.4 is 0 Å². The maximum absolute atomic E-state index is 12.7. The molecule has 0 amide bonds. The highest BCUT2D eigenvalue weighted by atomic mass is 32.2.